The van der Waals surface area contributed by atoms with Gasteiger partial charge in [0.25, 0.3) is 0 Å². The van der Waals surface area contributed by atoms with Crippen LogP contribution in [0.25, 0.3) is 9.81 Å². The highest BCUT2D eigenvalue weighted by atomic mass is 32.2. The first-order chi connectivity index (χ1) is 24.3. The normalized spacial score (nSPS) is 14.7. The number of hydrogen-bond donors (Lipinski definition) is 1. The molecule has 3 rings (SSSR count). The molecule has 1 atom stereocenters. The molecule has 0 aliphatic carbocycles. The molecule has 1 aliphatic heterocycles. The highest BCUT2D eigenvalue weighted by molar-refractivity contribution is 8.23. The number of nitrogens with zero attached hydrogens (tertiary/aromatic N) is 2. The summed E-state index contributed by atoms with van der Waals surface area (Å²) in [5.41, 5.74) is 4.02. The Morgan fingerprint density at radius 3 is 1.68 bits per heavy atom. The smallest absolute Gasteiger partial charge is 0.306 e. The zero-order chi connectivity index (χ0) is 36.1. The van der Waals surface area contributed by atoms with Crippen LogP contribution in [0.5, 0.6) is 0 Å². The summed E-state index contributed by atoms with van der Waals surface area (Å²) >= 11 is 8.14. The van der Waals surface area contributed by atoms with Crippen molar-refractivity contribution < 1.29 is 23.9 Å². The Balaban J connectivity index is 1.69. The van der Waals surface area contributed by atoms with Gasteiger partial charge in [0.2, 0.25) is 5.12 Å². The van der Waals surface area contributed by atoms with E-state index in [2.05, 4.69) is 83.2 Å². The van der Waals surface area contributed by atoms with Gasteiger partial charge in [0.15, 0.2) is 0 Å². The number of thioether (sulfide) groups is 4. The number of benzene rings is 2. The van der Waals surface area contributed by atoms with E-state index in [9.17, 15) is 14.4 Å². The third-order valence-electron chi connectivity index (χ3n) is 7.73. The Kier molecular flexibility index (Phi) is 20.7. The molecular weight excluding hydrogens is 727 g/mol. The molecule has 13 heteroatoms. The molecule has 50 heavy (non-hydrogen) atoms. The number of likely N-dealkylation sites (N-methyl/N-ethyl adjacent to an activating group) is 2. The Labute approximate surface area is 320 Å². The van der Waals surface area contributed by atoms with Crippen LogP contribution in [0.1, 0.15) is 57.1 Å². The number of rotatable bonds is 23. The van der Waals surface area contributed by atoms with Crippen molar-refractivity contribution in [2.24, 2.45) is 0 Å². The van der Waals surface area contributed by atoms with Gasteiger partial charge in [-0.3, -0.25) is 14.4 Å². The second-order valence-corrected chi connectivity index (χ2v) is 17.0. The number of anilines is 2. The molecule has 0 fully saturated rings. The van der Waals surface area contributed by atoms with Crippen LogP contribution >= 0.6 is 59.0 Å². The Bertz CT molecular complexity index is 1360. The first-order valence-electron chi connectivity index (χ1n) is 17.2. The average Bonchev–Trinajstić information content (AvgIpc) is 3.29. The second-order valence-electron chi connectivity index (χ2n) is 11.7. The maximum Gasteiger partial charge on any atom is 0.306 e. The van der Waals surface area contributed by atoms with Crippen LogP contribution < -0.4 is 14.5 Å². The van der Waals surface area contributed by atoms with Crippen LogP contribution in [0.15, 0.2) is 48.5 Å². The van der Waals surface area contributed by atoms with Crippen molar-refractivity contribution >= 4 is 97.2 Å². The average molecular weight is 780 g/mol. The molecule has 0 saturated heterocycles. The quantitative estimate of drug-likeness (QED) is 0.0669. The fourth-order valence-electron chi connectivity index (χ4n) is 4.77. The van der Waals surface area contributed by atoms with Crippen molar-refractivity contribution in [2.75, 3.05) is 85.2 Å². The standard InChI is InChI=1S/C37H53N3O5S5/c1-6-23-47-26-17-33(41)44-21-19-39(3)30-12-8-28(9-13-30)35-36(50-38-32(16-25-46-5)37(43)49-35)29-10-14-31(15-11-29)40(4)20-22-45-34(42)18-27-48-24-7-2/h8-15,32,38H,6-7,16-27H2,1-5H3. The minimum absolute atomic E-state index is 0.113. The zero-order valence-corrected chi connectivity index (χ0v) is 34.2. The first-order valence-corrected chi connectivity index (χ1v) is 22.6. The fraction of sp³-hybridized carbons (Fsp3) is 0.541. The number of nitrogens with one attached hydrogen (secondary N) is 1. The molecular formula is C37H53N3O5S5. The van der Waals surface area contributed by atoms with Crippen molar-refractivity contribution in [3.63, 3.8) is 0 Å². The van der Waals surface area contributed by atoms with E-state index in [1.54, 1.807) is 35.3 Å². The summed E-state index contributed by atoms with van der Waals surface area (Å²) in [5.74, 6) is 4.33. The molecule has 0 amide bonds. The van der Waals surface area contributed by atoms with Gasteiger partial charge >= 0.3 is 11.9 Å². The van der Waals surface area contributed by atoms with Gasteiger partial charge in [0, 0.05) is 46.8 Å². The number of ether oxygens (including phenoxy) is 2. The SMILES string of the molecule is CCCSCCC(=O)OCCN(C)c1ccc(C2=C(c3ccc(N(C)CCOC(=O)CCSCCC)cc3)SC(=O)C(CCSC)NS2)cc1. The Morgan fingerprint density at radius 1 is 0.740 bits per heavy atom. The molecule has 0 aromatic heterocycles. The summed E-state index contributed by atoms with van der Waals surface area (Å²) in [5, 5.41) is 0.113. The van der Waals surface area contributed by atoms with Gasteiger partial charge in [0.1, 0.15) is 13.2 Å². The van der Waals surface area contributed by atoms with Crippen LogP contribution in [0.2, 0.25) is 0 Å². The molecule has 2 aromatic carbocycles. The molecule has 8 nitrogen and oxygen atoms in total. The van der Waals surface area contributed by atoms with Crippen LogP contribution in [-0.4, -0.2) is 98.5 Å². The molecule has 1 unspecified atom stereocenters. The lowest BCUT2D eigenvalue weighted by Crippen LogP contribution is -2.30. The van der Waals surface area contributed by atoms with Gasteiger partial charge in [-0.1, -0.05) is 38.1 Å². The highest BCUT2D eigenvalue weighted by Crippen LogP contribution is 2.44. The molecule has 2 aromatic rings. The summed E-state index contributed by atoms with van der Waals surface area (Å²) < 4.78 is 14.4. The highest BCUT2D eigenvalue weighted by Gasteiger charge is 2.28. The van der Waals surface area contributed by atoms with Crippen LogP contribution in [0.4, 0.5) is 11.4 Å². The summed E-state index contributed by atoms with van der Waals surface area (Å²) in [6.45, 7) is 6.14. The lowest BCUT2D eigenvalue weighted by atomic mass is 10.1. The van der Waals surface area contributed by atoms with Gasteiger partial charge in [-0.25, -0.2) is 4.72 Å². The molecule has 0 radical (unpaired) electrons. The number of hydrogen-bond acceptors (Lipinski definition) is 13. The maximum atomic E-state index is 13.5. The lowest BCUT2D eigenvalue weighted by Gasteiger charge is -2.21. The third kappa shape index (κ3) is 15.0. The van der Waals surface area contributed by atoms with E-state index in [0.29, 0.717) is 39.1 Å². The minimum atomic E-state index is -0.248. The van der Waals surface area contributed by atoms with E-state index in [1.165, 1.54) is 23.7 Å². The van der Waals surface area contributed by atoms with Crippen LogP contribution in [0, 0.1) is 0 Å². The van der Waals surface area contributed by atoms with Gasteiger partial charge in [-0.05, 0) is 102 Å². The Morgan fingerprint density at radius 2 is 1.22 bits per heavy atom. The Hall–Kier alpha value is -1.90. The molecule has 1 heterocycles. The maximum absolute atomic E-state index is 13.5. The monoisotopic (exact) mass is 779 g/mol. The molecule has 0 bridgehead atoms. The number of carbonyl (C=O) groups is 3. The van der Waals surface area contributed by atoms with E-state index in [-0.39, 0.29) is 23.1 Å². The molecule has 0 spiro atoms. The molecule has 0 saturated carbocycles. The van der Waals surface area contributed by atoms with E-state index in [0.717, 1.165) is 80.3 Å². The van der Waals surface area contributed by atoms with Crippen molar-refractivity contribution in [3.05, 3.63) is 59.7 Å². The second kappa shape index (κ2) is 24.4. The zero-order valence-electron chi connectivity index (χ0n) is 30.1. The summed E-state index contributed by atoms with van der Waals surface area (Å²) in [6, 6.07) is 16.3. The largest absolute Gasteiger partial charge is 0.464 e. The van der Waals surface area contributed by atoms with Crippen molar-refractivity contribution in [1.29, 1.82) is 0 Å². The van der Waals surface area contributed by atoms with Crippen molar-refractivity contribution in [3.8, 4) is 0 Å². The summed E-state index contributed by atoms with van der Waals surface area (Å²) in [6.07, 6.45) is 5.93. The van der Waals surface area contributed by atoms with Gasteiger partial charge in [-0.15, -0.1) is 0 Å². The fourth-order valence-corrected chi connectivity index (χ4v) is 9.11. The lowest BCUT2D eigenvalue weighted by molar-refractivity contribution is -0.143. The van der Waals surface area contributed by atoms with E-state index < -0.39 is 0 Å². The summed E-state index contributed by atoms with van der Waals surface area (Å²) in [4.78, 5) is 43.7. The predicted molar refractivity (Wildman–Crippen MR) is 223 cm³/mol. The van der Waals surface area contributed by atoms with Crippen molar-refractivity contribution in [2.45, 2.75) is 52.0 Å². The van der Waals surface area contributed by atoms with Crippen LogP contribution in [-0.2, 0) is 23.9 Å². The predicted octanol–water partition coefficient (Wildman–Crippen LogP) is 8.17. The first kappa shape index (κ1) is 42.5. The van der Waals surface area contributed by atoms with E-state index in [4.69, 9.17) is 9.47 Å². The van der Waals surface area contributed by atoms with Gasteiger partial charge in [-0.2, -0.15) is 35.3 Å². The van der Waals surface area contributed by atoms with Gasteiger partial charge in [0.05, 0.1) is 32.0 Å². The van der Waals surface area contributed by atoms with Crippen LogP contribution in [0.3, 0.4) is 0 Å². The number of esters is 2. The third-order valence-corrected chi connectivity index (χ3v) is 13.1. The summed E-state index contributed by atoms with van der Waals surface area (Å²) in [7, 11) is 3.98. The molecule has 1 N–H and O–H groups in total. The molecule has 1 aliphatic rings. The molecule has 276 valence electrons. The number of carbonyl (C=O) groups excluding carboxylic acids is 3. The van der Waals surface area contributed by atoms with Crippen molar-refractivity contribution in [1.82, 2.24) is 4.72 Å². The van der Waals surface area contributed by atoms with E-state index >= 15 is 0 Å². The van der Waals surface area contributed by atoms with E-state index in [1.807, 2.05) is 14.1 Å². The van der Waals surface area contributed by atoms with Gasteiger partial charge < -0.3 is 19.3 Å². The topological polar surface area (TPSA) is 88.2 Å². The minimum Gasteiger partial charge on any atom is -0.464 e.